The molecule has 0 atom stereocenters. The van der Waals surface area contributed by atoms with E-state index in [-0.39, 0.29) is 0 Å². The molecule has 0 saturated carbocycles. The minimum absolute atomic E-state index is 0.546. The molecule has 0 radical (unpaired) electrons. The molecule has 0 aromatic rings. The minimum atomic E-state index is -1.18. The van der Waals surface area contributed by atoms with Gasteiger partial charge in [0.15, 0.2) is 0 Å². The lowest BCUT2D eigenvalue weighted by atomic mass is 10.4. The number of hydrogen-bond donors (Lipinski definition) is 0. The van der Waals surface area contributed by atoms with E-state index in [0.717, 1.165) is 25.2 Å². The summed E-state index contributed by atoms with van der Waals surface area (Å²) in [5.74, 6) is 0. The second kappa shape index (κ2) is 4.87. The van der Waals surface area contributed by atoms with E-state index in [2.05, 4.69) is 27.4 Å². The largest absolute Gasteiger partial charge is 0.267 e. The molecule has 2 heteroatoms. The minimum Gasteiger partial charge on any atom is -0.253 e. The monoisotopic (exact) mass is 175 g/mol. The Hall–Kier alpha value is 0.100. The van der Waals surface area contributed by atoms with Gasteiger partial charge in [0.25, 0.3) is 5.52 Å². The molecule has 0 aromatic carbocycles. The zero-order valence-corrected chi connectivity index (χ0v) is 9.08. The Morgan fingerprint density at radius 3 is 1.91 bits per heavy atom. The van der Waals surface area contributed by atoms with Crippen molar-refractivity contribution in [1.82, 2.24) is 0 Å². The second-order valence-corrected chi connectivity index (χ2v) is 7.73. The summed E-state index contributed by atoms with van der Waals surface area (Å²) in [6.45, 7) is 8.55. The van der Waals surface area contributed by atoms with E-state index < -0.39 is 7.26 Å². The third kappa shape index (κ3) is 2.91. The predicted molar refractivity (Wildman–Crippen MR) is 53.8 cm³/mol. The lowest BCUT2D eigenvalue weighted by molar-refractivity contribution is -0.111. The van der Waals surface area contributed by atoms with Crippen LogP contribution in [0.2, 0.25) is 0 Å². The van der Waals surface area contributed by atoms with Crippen LogP contribution in [0.25, 0.3) is 0 Å². The van der Waals surface area contributed by atoms with E-state index in [0.29, 0.717) is 5.52 Å². The van der Waals surface area contributed by atoms with Gasteiger partial charge in [-0.25, -0.2) is 0 Å². The molecular weight excluding hydrogens is 155 g/mol. The molecule has 0 spiro atoms. The van der Waals surface area contributed by atoms with Gasteiger partial charge in [-0.2, -0.15) is 0 Å². The van der Waals surface area contributed by atoms with Gasteiger partial charge < -0.3 is 0 Å². The highest BCUT2D eigenvalue weighted by Crippen LogP contribution is 2.55. The molecule has 0 unspecified atom stereocenters. The Kier molecular flexibility index (Phi) is 4.92. The van der Waals surface area contributed by atoms with E-state index in [1.165, 1.54) is 0 Å². The van der Waals surface area contributed by atoms with E-state index in [1.54, 1.807) is 0 Å². The third-order valence-electron chi connectivity index (χ3n) is 2.46. The molecule has 0 bridgehead atoms. The number of carbonyl (C=O) groups is 1. The van der Waals surface area contributed by atoms with Crippen LogP contribution in [0.1, 0.15) is 33.6 Å². The molecule has 11 heavy (non-hydrogen) atoms. The summed E-state index contributed by atoms with van der Waals surface area (Å²) in [6, 6.07) is 0. The van der Waals surface area contributed by atoms with Crippen molar-refractivity contribution < 1.29 is 4.79 Å². The summed E-state index contributed by atoms with van der Waals surface area (Å²) in [7, 11) is -1.18. The average Bonchev–Trinajstić information content (AvgIpc) is 2.03. The number of hydrogen-bond acceptors (Lipinski definition) is 1. The zero-order valence-electron chi connectivity index (χ0n) is 8.18. The maximum Gasteiger partial charge on any atom is 0.267 e. The maximum absolute atomic E-state index is 11.6. The average molecular weight is 175 g/mol. The first-order chi connectivity index (χ1) is 5.10. The molecule has 0 aliphatic rings. The van der Waals surface area contributed by atoms with Crippen LogP contribution in [0.4, 0.5) is 0 Å². The van der Waals surface area contributed by atoms with Crippen LogP contribution >= 0.6 is 7.26 Å². The van der Waals surface area contributed by atoms with E-state index in [1.807, 2.05) is 0 Å². The SMILES string of the molecule is CCCC(=O)[P+](C)(CC)CC. The first-order valence-corrected chi connectivity index (χ1v) is 7.09. The molecule has 66 valence electrons. The number of carbonyl (C=O) groups excluding carboxylic acids is 1. The molecule has 0 saturated heterocycles. The fourth-order valence-electron chi connectivity index (χ4n) is 1.06. The van der Waals surface area contributed by atoms with Crippen molar-refractivity contribution in [1.29, 1.82) is 0 Å². The topological polar surface area (TPSA) is 17.1 Å². The molecule has 0 amide bonds. The van der Waals surface area contributed by atoms with Gasteiger partial charge in [-0.15, -0.1) is 0 Å². The molecule has 0 fully saturated rings. The third-order valence-corrected chi connectivity index (χ3v) is 6.68. The van der Waals surface area contributed by atoms with Crippen LogP contribution in [0.3, 0.4) is 0 Å². The van der Waals surface area contributed by atoms with Gasteiger partial charge in [0.2, 0.25) is 0 Å². The molecule has 0 aliphatic carbocycles. The van der Waals surface area contributed by atoms with Crippen LogP contribution in [-0.2, 0) is 4.79 Å². The van der Waals surface area contributed by atoms with Gasteiger partial charge >= 0.3 is 0 Å². The standard InChI is InChI=1S/C9H20OP/c1-5-8-9(10)11(4,6-2)7-3/h5-8H2,1-4H3/q+1. The van der Waals surface area contributed by atoms with Gasteiger partial charge in [0.1, 0.15) is 0 Å². The van der Waals surface area contributed by atoms with Gasteiger partial charge in [0, 0.05) is 6.42 Å². The molecule has 0 heterocycles. The molecule has 1 nitrogen and oxygen atoms in total. The first kappa shape index (κ1) is 11.1. The van der Waals surface area contributed by atoms with Crippen molar-refractivity contribution in [2.75, 3.05) is 19.0 Å². The summed E-state index contributed by atoms with van der Waals surface area (Å²) in [4.78, 5) is 11.6. The highest BCUT2D eigenvalue weighted by Gasteiger charge is 2.35. The van der Waals surface area contributed by atoms with Crippen molar-refractivity contribution in [3.63, 3.8) is 0 Å². The van der Waals surface area contributed by atoms with Crippen molar-refractivity contribution in [3.05, 3.63) is 0 Å². The first-order valence-electron chi connectivity index (χ1n) is 4.48. The zero-order chi connectivity index (χ0) is 8.91. The molecule has 0 N–H and O–H groups in total. The Bertz CT molecular complexity index is 128. The quantitative estimate of drug-likeness (QED) is 0.587. The van der Waals surface area contributed by atoms with Gasteiger partial charge in [-0.3, -0.25) is 4.79 Å². The molecule has 0 rings (SSSR count). The van der Waals surface area contributed by atoms with Crippen LogP contribution in [0.15, 0.2) is 0 Å². The summed E-state index contributed by atoms with van der Waals surface area (Å²) in [6.07, 6.45) is 3.98. The normalized spacial score (nSPS) is 11.6. The van der Waals surface area contributed by atoms with Crippen molar-refractivity contribution in [2.24, 2.45) is 0 Å². The highest BCUT2D eigenvalue weighted by molar-refractivity contribution is 7.90. The summed E-state index contributed by atoms with van der Waals surface area (Å²) in [5, 5.41) is 0. The lowest BCUT2D eigenvalue weighted by Crippen LogP contribution is -2.09. The van der Waals surface area contributed by atoms with Crippen LogP contribution in [-0.4, -0.2) is 24.5 Å². The van der Waals surface area contributed by atoms with Crippen molar-refractivity contribution in [3.8, 4) is 0 Å². The molecular formula is C9H20OP+. The smallest absolute Gasteiger partial charge is 0.253 e. The molecule has 0 aliphatic heterocycles. The summed E-state index contributed by atoms with van der Waals surface area (Å²) < 4.78 is 0. The van der Waals surface area contributed by atoms with E-state index >= 15 is 0 Å². The van der Waals surface area contributed by atoms with Crippen molar-refractivity contribution in [2.45, 2.75) is 33.6 Å². The Balaban J connectivity index is 4.12. The number of rotatable bonds is 5. The Morgan fingerprint density at radius 1 is 1.18 bits per heavy atom. The van der Waals surface area contributed by atoms with Gasteiger partial charge in [0.05, 0.1) is 26.3 Å². The Morgan fingerprint density at radius 2 is 1.64 bits per heavy atom. The summed E-state index contributed by atoms with van der Waals surface area (Å²) in [5.41, 5.74) is 0.546. The second-order valence-electron chi connectivity index (χ2n) is 3.17. The van der Waals surface area contributed by atoms with Gasteiger partial charge in [-0.1, -0.05) is 6.92 Å². The van der Waals surface area contributed by atoms with E-state index in [4.69, 9.17) is 0 Å². The fraction of sp³-hybridized carbons (Fsp3) is 0.889. The van der Waals surface area contributed by atoms with Gasteiger partial charge in [-0.05, 0) is 20.3 Å². The van der Waals surface area contributed by atoms with Crippen molar-refractivity contribution >= 4 is 12.8 Å². The highest BCUT2D eigenvalue weighted by atomic mass is 31.2. The lowest BCUT2D eigenvalue weighted by Gasteiger charge is -2.16. The molecule has 0 aromatic heterocycles. The van der Waals surface area contributed by atoms with E-state index in [9.17, 15) is 4.79 Å². The Labute approximate surface area is 70.9 Å². The maximum atomic E-state index is 11.6. The summed E-state index contributed by atoms with van der Waals surface area (Å²) >= 11 is 0. The van der Waals surface area contributed by atoms with Crippen LogP contribution < -0.4 is 0 Å². The fourth-order valence-corrected chi connectivity index (χ4v) is 2.98. The van der Waals surface area contributed by atoms with Crippen LogP contribution in [0.5, 0.6) is 0 Å². The predicted octanol–water partition coefficient (Wildman–Crippen LogP) is 3.00. The van der Waals surface area contributed by atoms with Crippen LogP contribution in [0, 0.1) is 0 Å².